The van der Waals surface area contributed by atoms with Gasteiger partial charge in [-0.15, -0.1) is 0 Å². The molecule has 122 valence electrons. The number of rotatable bonds is 5. The Balaban J connectivity index is 1.85. The molecule has 0 bridgehead atoms. The Morgan fingerprint density at radius 3 is 2.25 bits per heavy atom. The van der Waals surface area contributed by atoms with Crippen molar-refractivity contribution in [1.29, 1.82) is 0 Å². The fourth-order valence-corrected chi connectivity index (χ4v) is 3.19. The van der Waals surface area contributed by atoms with Gasteiger partial charge in [0, 0.05) is 40.2 Å². The molecule has 0 heterocycles. The molecule has 0 saturated carbocycles. The van der Waals surface area contributed by atoms with Crippen LogP contribution in [0.25, 0.3) is 0 Å². The van der Waals surface area contributed by atoms with Crippen molar-refractivity contribution in [1.82, 2.24) is 0 Å². The van der Waals surface area contributed by atoms with Gasteiger partial charge in [-0.2, -0.15) is 11.8 Å². The minimum atomic E-state index is -0.200. The Morgan fingerprint density at radius 2 is 1.58 bits per heavy atom. The maximum absolute atomic E-state index is 12.6. The number of fused-ring (bicyclic) bond motifs is 2. The Kier molecular flexibility index (Phi) is 4.78. The van der Waals surface area contributed by atoms with Crippen LogP contribution in [0.3, 0.4) is 0 Å². The molecule has 3 rings (SSSR count). The summed E-state index contributed by atoms with van der Waals surface area (Å²) in [4.78, 5) is 37.0. The van der Waals surface area contributed by atoms with Gasteiger partial charge in [-0.1, -0.05) is 24.3 Å². The van der Waals surface area contributed by atoms with E-state index in [9.17, 15) is 14.4 Å². The monoisotopic (exact) mass is 340 g/mol. The third-order valence-corrected chi connectivity index (χ3v) is 4.69. The van der Waals surface area contributed by atoms with Gasteiger partial charge in [0.05, 0.1) is 5.75 Å². The van der Waals surface area contributed by atoms with E-state index in [1.54, 1.807) is 42.5 Å². The van der Waals surface area contributed by atoms with Crippen LogP contribution in [-0.4, -0.2) is 35.5 Å². The largest absolute Gasteiger partial charge is 0.330 e. The Morgan fingerprint density at radius 1 is 0.958 bits per heavy atom. The summed E-state index contributed by atoms with van der Waals surface area (Å²) in [5.74, 6) is 0.472. The zero-order chi connectivity index (χ0) is 17.1. The molecule has 1 aliphatic carbocycles. The van der Waals surface area contributed by atoms with Gasteiger partial charge in [0.15, 0.2) is 11.6 Å². The molecule has 2 aromatic carbocycles. The predicted molar refractivity (Wildman–Crippen MR) is 94.8 cm³/mol. The van der Waals surface area contributed by atoms with Crippen LogP contribution in [0.15, 0.2) is 42.5 Å². The van der Waals surface area contributed by atoms with E-state index in [4.69, 9.17) is 5.73 Å². The second-order valence-electron chi connectivity index (χ2n) is 5.35. The lowest BCUT2D eigenvalue weighted by atomic mass is 9.84. The van der Waals surface area contributed by atoms with Crippen LogP contribution in [0, 0.1) is 0 Å². The standard InChI is InChI=1S/C18H16N2O3S/c19-7-8-24-10-16(21)20-11-5-6-14-15(9-11)18(23)13-4-2-1-3-12(13)17(14)22/h1-6,9H,7-8,10,19H2,(H,20,21). The van der Waals surface area contributed by atoms with Crippen molar-refractivity contribution in [2.24, 2.45) is 5.73 Å². The number of carbonyl (C=O) groups is 3. The van der Waals surface area contributed by atoms with Gasteiger partial charge >= 0.3 is 0 Å². The first-order chi connectivity index (χ1) is 11.6. The van der Waals surface area contributed by atoms with Crippen LogP contribution >= 0.6 is 11.8 Å². The molecule has 2 aromatic rings. The highest BCUT2D eigenvalue weighted by Crippen LogP contribution is 2.29. The molecule has 0 atom stereocenters. The van der Waals surface area contributed by atoms with Crippen LogP contribution in [0.1, 0.15) is 31.8 Å². The number of hydrogen-bond donors (Lipinski definition) is 2. The van der Waals surface area contributed by atoms with E-state index in [2.05, 4.69) is 5.32 Å². The third-order valence-electron chi connectivity index (χ3n) is 3.70. The first-order valence-corrected chi connectivity index (χ1v) is 8.67. The van der Waals surface area contributed by atoms with Crippen LogP contribution in [-0.2, 0) is 4.79 Å². The van der Waals surface area contributed by atoms with Crippen molar-refractivity contribution in [3.63, 3.8) is 0 Å². The smallest absolute Gasteiger partial charge is 0.234 e. The molecule has 1 amide bonds. The molecule has 6 heteroatoms. The molecule has 0 spiro atoms. The van der Waals surface area contributed by atoms with Gasteiger partial charge < -0.3 is 11.1 Å². The van der Waals surface area contributed by atoms with Gasteiger partial charge in [-0.05, 0) is 18.2 Å². The summed E-state index contributed by atoms with van der Waals surface area (Å²) in [5, 5.41) is 2.75. The molecule has 1 aliphatic rings. The second-order valence-corrected chi connectivity index (χ2v) is 6.46. The van der Waals surface area contributed by atoms with Gasteiger partial charge in [-0.25, -0.2) is 0 Å². The van der Waals surface area contributed by atoms with Crippen LogP contribution in [0.2, 0.25) is 0 Å². The first-order valence-electron chi connectivity index (χ1n) is 7.52. The molecule has 0 saturated heterocycles. The van der Waals surface area contributed by atoms with E-state index in [-0.39, 0.29) is 17.5 Å². The number of amides is 1. The molecule has 3 N–H and O–H groups in total. The van der Waals surface area contributed by atoms with Crippen molar-refractivity contribution >= 4 is 34.9 Å². The van der Waals surface area contributed by atoms with Gasteiger partial charge in [-0.3, -0.25) is 14.4 Å². The number of carbonyl (C=O) groups excluding carboxylic acids is 3. The lowest BCUT2D eigenvalue weighted by molar-refractivity contribution is -0.113. The van der Waals surface area contributed by atoms with E-state index in [1.165, 1.54) is 11.8 Å². The predicted octanol–water partition coefficient (Wildman–Crippen LogP) is 2.09. The number of thioether (sulfide) groups is 1. The van der Waals surface area contributed by atoms with Crippen LogP contribution < -0.4 is 11.1 Å². The maximum atomic E-state index is 12.6. The fraction of sp³-hybridized carbons (Fsp3) is 0.167. The van der Waals surface area contributed by atoms with Gasteiger partial charge in [0.2, 0.25) is 5.91 Å². The van der Waals surface area contributed by atoms with E-state index in [0.717, 1.165) is 0 Å². The first kappa shape index (κ1) is 16.4. The number of benzene rings is 2. The maximum Gasteiger partial charge on any atom is 0.234 e. The molecule has 0 aliphatic heterocycles. The molecular weight excluding hydrogens is 324 g/mol. The van der Waals surface area contributed by atoms with Crippen molar-refractivity contribution in [2.45, 2.75) is 0 Å². The van der Waals surface area contributed by atoms with Crippen molar-refractivity contribution < 1.29 is 14.4 Å². The minimum Gasteiger partial charge on any atom is -0.330 e. The summed E-state index contributed by atoms with van der Waals surface area (Å²) in [6.07, 6.45) is 0. The molecule has 0 radical (unpaired) electrons. The zero-order valence-electron chi connectivity index (χ0n) is 12.9. The molecule has 24 heavy (non-hydrogen) atoms. The van der Waals surface area contributed by atoms with Gasteiger partial charge in [0.25, 0.3) is 0 Å². The normalized spacial score (nSPS) is 12.5. The summed E-state index contributed by atoms with van der Waals surface area (Å²) in [7, 11) is 0. The molecule has 0 unspecified atom stereocenters. The summed E-state index contributed by atoms with van der Waals surface area (Å²) in [5.41, 5.74) is 7.41. The van der Waals surface area contributed by atoms with Crippen molar-refractivity contribution in [2.75, 3.05) is 23.4 Å². The quantitative estimate of drug-likeness (QED) is 0.694. The lowest BCUT2D eigenvalue weighted by Gasteiger charge is -2.18. The minimum absolute atomic E-state index is 0.164. The Labute approximate surface area is 143 Å². The Hall–Kier alpha value is -2.44. The number of hydrogen-bond acceptors (Lipinski definition) is 5. The highest BCUT2D eigenvalue weighted by Gasteiger charge is 2.29. The molecule has 5 nitrogen and oxygen atoms in total. The fourth-order valence-electron chi connectivity index (χ4n) is 2.62. The SMILES string of the molecule is NCCSCC(=O)Nc1ccc2c(c1)C(=O)c1ccccc1C2=O. The van der Waals surface area contributed by atoms with E-state index in [0.29, 0.717) is 46.0 Å². The average molecular weight is 340 g/mol. The number of nitrogens with one attached hydrogen (secondary N) is 1. The topological polar surface area (TPSA) is 89.3 Å². The van der Waals surface area contributed by atoms with E-state index < -0.39 is 0 Å². The summed E-state index contributed by atoms with van der Waals surface area (Å²) in [6.45, 7) is 0.521. The zero-order valence-corrected chi connectivity index (χ0v) is 13.7. The number of ketones is 2. The lowest BCUT2D eigenvalue weighted by Crippen LogP contribution is -2.21. The molecular formula is C18H16N2O3S. The Bertz CT molecular complexity index is 833. The van der Waals surface area contributed by atoms with Crippen molar-refractivity contribution in [3.8, 4) is 0 Å². The van der Waals surface area contributed by atoms with Crippen LogP contribution in [0.4, 0.5) is 5.69 Å². The number of nitrogens with two attached hydrogens (primary N) is 1. The van der Waals surface area contributed by atoms with Gasteiger partial charge in [0.1, 0.15) is 0 Å². The van der Waals surface area contributed by atoms with E-state index >= 15 is 0 Å². The van der Waals surface area contributed by atoms with E-state index in [1.807, 2.05) is 0 Å². The molecule has 0 aromatic heterocycles. The molecule has 0 fully saturated rings. The van der Waals surface area contributed by atoms with Crippen molar-refractivity contribution in [3.05, 3.63) is 64.7 Å². The highest BCUT2D eigenvalue weighted by molar-refractivity contribution is 7.99. The average Bonchev–Trinajstić information content (AvgIpc) is 2.60. The highest BCUT2D eigenvalue weighted by atomic mass is 32.2. The summed E-state index contributed by atoms with van der Waals surface area (Å²) in [6, 6.07) is 11.6. The van der Waals surface area contributed by atoms with Crippen LogP contribution in [0.5, 0.6) is 0 Å². The summed E-state index contributed by atoms with van der Waals surface area (Å²) >= 11 is 1.44. The second kappa shape index (κ2) is 6.98. The third kappa shape index (κ3) is 3.11. The number of anilines is 1. The summed E-state index contributed by atoms with van der Waals surface area (Å²) < 4.78 is 0.